The first-order valence-corrected chi connectivity index (χ1v) is 6.80. The van der Waals surface area contributed by atoms with Crippen LogP contribution in [0.3, 0.4) is 0 Å². The number of hydrogen-bond acceptors (Lipinski definition) is 4. The van der Waals surface area contributed by atoms with Crippen molar-refractivity contribution in [3.05, 3.63) is 24.3 Å². The van der Waals surface area contributed by atoms with Crippen LogP contribution in [0.1, 0.15) is 13.8 Å². The highest BCUT2D eigenvalue weighted by Crippen LogP contribution is 2.28. The minimum Gasteiger partial charge on any atom is -0.495 e. The molecular weight excluding hydrogens is 232 g/mol. The molecule has 0 spiro atoms. The zero-order valence-electron chi connectivity index (χ0n) is 10.4. The SMILES string of the molecule is COc1ccccc1NC1=N[C@@H](C(C)C)CS1. The quantitative estimate of drug-likeness (QED) is 0.894. The Bertz CT molecular complexity index is 418. The van der Waals surface area contributed by atoms with Crippen molar-refractivity contribution in [2.45, 2.75) is 19.9 Å². The molecule has 0 amide bonds. The van der Waals surface area contributed by atoms with Crippen LogP contribution >= 0.6 is 11.8 Å². The molecular formula is C13H18N2OS. The summed E-state index contributed by atoms with van der Waals surface area (Å²) in [5.74, 6) is 2.51. The number of benzene rings is 1. The van der Waals surface area contributed by atoms with Crippen LogP contribution in [-0.4, -0.2) is 24.1 Å². The first-order valence-electron chi connectivity index (χ1n) is 5.81. The van der Waals surface area contributed by atoms with Crippen molar-refractivity contribution in [2.75, 3.05) is 18.2 Å². The van der Waals surface area contributed by atoms with Gasteiger partial charge in [-0.15, -0.1) is 0 Å². The summed E-state index contributed by atoms with van der Waals surface area (Å²) in [5, 5.41) is 4.33. The number of nitrogens with zero attached hydrogens (tertiary/aromatic N) is 1. The molecule has 0 bridgehead atoms. The van der Waals surface area contributed by atoms with Crippen molar-refractivity contribution in [3.8, 4) is 5.75 Å². The molecule has 1 aromatic rings. The van der Waals surface area contributed by atoms with Crippen LogP contribution in [0.2, 0.25) is 0 Å². The Morgan fingerprint density at radius 2 is 2.18 bits per heavy atom. The molecule has 3 nitrogen and oxygen atoms in total. The summed E-state index contributed by atoms with van der Waals surface area (Å²) >= 11 is 1.78. The summed E-state index contributed by atoms with van der Waals surface area (Å²) in [5.41, 5.74) is 0.977. The standard InChI is InChI=1S/C13H18N2OS/c1-9(2)11-8-17-13(15-11)14-10-6-4-5-7-12(10)16-3/h4-7,9,11H,8H2,1-3H3,(H,14,15)/t11-/m1/s1. The van der Waals surface area contributed by atoms with Gasteiger partial charge in [-0.3, -0.25) is 4.99 Å². The van der Waals surface area contributed by atoms with Crippen LogP contribution in [0.15, 0.2) is 29.3 Å². The van der Waals surface area contributed by atoms with E-state index in [9.17, 15) is 0 Å². The predicted octanol–water partition coefficient (Wildman–Crippen LogP) is 3.23. The predicted molar refractivity (Wildman–Crippen MR) is 75.1 cm³/mol. The molecule has 1 N–H and O–H groups in total. The van der Waals surface area contributed by atoms with Crippen molar-refractivity contribution < 1.29 is 4.74 Å². The van der Waals surface area contributed by atoms with Crippen LogP contribution in [0.4, 0.5) is 5.69 Å². The van der Waals surface area contributed by atoms with E-state index in [1.54, 1.807) is 18.9 Å². The number of amidine groups is 1. The molecule has 0 saturated heterocycles. The van der Waals surface area contributed by atoms with Gasteiger partial charge in [0, 0.05) is 5.75 Å². The van der Waals surface area contributed by atoms with E-state index in [1.807, 2.05) is 24.3 Å². The second-order valence-corrected chi connectivity index (χ2v) is 5.39. The van der Waals surface area contributed by atoms with Crippen LogP contribution in [0.5, 0.6) is 5.75 Å². The molecule has 1 aliphatic rings. The van der Waals surface area contributed by atoms with Crippen LogP contribution in [0, 0.1) is 5.92 Å². The van der Waals surface area contributed by atoms with Crippen LogP contribution in [-0.2, 0) is 0 Å². The number of thioether (sulfide) groups is 1. The second-order valence-electron chi connectivity index (χ2n) is 4.38. The average molecular weight is 250 g/mol. The molecule has 0 aliphatic carbocycles. The van der Waals surface area contributed by atoms with Crippen molar-refractivity contribution in [1.82, 2.24) is 0 Å². The molecule has 2 rings (SSSR count). The number of ether oxygens (including phenoxy) is 1. The van der Waals surface area contributed by atoms with Crippen LogP contribution < -0.4 is 10.1 Å². The fourth-order valence-corrected chi connectivity index (χ4v) is 2.84. The van der Waals surface area contributed by atoms with Crippen molar-refractivity contribution in [3.63, 3.8) is 0 Å². The van der Waals surface area contributed by atoms with Crippen molar-refractivity contribution in [1.29, 1.82) is 0 Å². The number of hydrogen-bond donors (Lipinski definition) is 1. The Morgan fingerprint density at radius 3 is 2.82 bits per heavy atom. The normalized spacial score (nSPS) is 19.3. The van der Waals surface area contributed by atoms with E-state index in [4.69, 9.17) is 4.74 Å². The molecule has 1 aliphatic heterocycles. The van der Waals surface area contributed by atoms with Gasteiger partial charge in [0.15, 0.2) is 5.17 Å². The molecule has 92 valence electrons. The molecule has 0 saturated carbocycles. The minimum absolute atomic E-state index is 0.428. The molecule has 0 fully saturated rings. The van der Waals surface area contributed by atoms with Gasteiger partial charge >= 0.3 is 0 Å². The fourth-order valence-electron chi connectivity index (χ4n) is 1.66. The van der Waals surface area contributed by atoms with E-state index >= 15 is 0 Å². The Kier molecular flexibility index (Phi) is 3.94. The Morgan fingerprint density at radius 1 is 1.41 bits per heavy atom. The number of rotatable bonds is 3. The third kappa shape index (κ3) is 2.94. The summed E-state index contributed by atoms with van der Waals surface area (Å²) < 4.78 is 5.30. The number of methoxy groups -OCH3 is 1. The largest absolute Gasteiger partial charge is 0.495 e. The summed E-state index contributed by atoms with van der Waals surface area (Å²) in [4.78, 5) is 4.67. The van der Waals surface area contributed by atoms with Crippen molar-refractivity contribution in [2.24, 2.45) is 10.9 Å². The van der Waals surface area contributed by atoms with Gasteiger partial charge < -0.3 is 10.1 Å². The summed E-state index contributed by atoms with van der Waals surface area (Å²) in [6, 6.07) is 8.33. The molecule has 0 aromatic heterocycles. The summed E-state index contributed by atoms with van der Waals surface area (Å²) in [6.07, 6.45) is 0. The first-order chi connectivity index (χ1) is 8.20. The summed E-state index contributed by atoms with van der Waals surface area (Å²) in [6.45, 7) is 4.42. The third-order valence-electron chi connectivity index (χ3n) is 2.79. The van der Waals surface area contributed by atoms with Crippen LogP contribution in [0.25, 0.3) is 0 Å². The molecule has 0 unspecified atom stereocenters. The maximum atomic E-state index is 5.30. The lowest BCUT2D eigenvalue weighted by molar-refractivity contribution is 0.417. The topological polar surface area (TPSA) is 33.6 Å². The van der Waals surface area contributed by atoms with E-state index in [0.29, 0.717) is 12.0 Å². The highest BCUT2D eigenvalue weighted by molar-refractivity contribution is 8.14. The van der Waals surface area contributed by atoms with E-state index < -0.39 is 0 Å². The molecule has 1 aromatic carbocycles. The van der Waals surface area contributed by atoms with Gasteiger partial charge in [-0.2, -0.15) is 0 Å². The summed E-state index contributed by atoms with van der Waals surface area (Å²) in [7, 11) is 1.68. The van der Waals surface area contributed by atoms with E-state index in [-0.39, 0.29) is 0 Å². The molecule has 0 radical (unpaired) electrons. The number of nitrogens with one attached hydrogen (secondary N) is 1. The number of aliphatic imine (C=N–C) groups is 1. The maximum absolute atomic E-state index is 5.30. The zero-order chi connectivity index (χ0) is 12.3. The van der Waals surface area contributed by atoms with E-state index in [2.05, 4.69) is 24.2 Å². The molecule has 1 heterocycles. The average Bonchev–Trinajstić information content (AvgIpc) is 2.78. The molecule has 4 heteroatoms. The van der Waals surface area contributed by atoms with Gasteiger partial charge in [0.05, 0.1) is 18.8 Å². The third-order valence-corrected chi connectivity index (χ3v) is 3.78. The lowest BCUT2D eigenvalue weighted by atomic mass is 10.1. The number of anilines is 1. The second kappa shape index (κ2) is 5.45. The van der Waals surface area contributed by atoms with Gasteiger partial charge in [0.2, 0.25) is 0 Å². The lowest BCUT2D eigenvalue weighted by Gasteiger charge is -2.10. The van der Waals surface area contributed by atoms with Gasteiger partial charge in [0.1, 0.15) is 5.75 Å². The lowest BCUT2D eigenvalue weighted by Crippen LogP contribution is -2.12. The van der Waals surface area contributed by atoms with E-state index in [0.717, 1.165) is 22.4 Å². The van der Waals surface area contributed by atoms with Crippen molar-refractivity contribution >= 4 is 22.6 Å². The first kappa shape index (κ1) is 12.3. The Balaban J connectivity index is 2.09. The van der Waals surface area contributed by atoms with Gasteiger partial charge in [0.25, 0.3) is 0 Å². The Hall–Kier alpha value is -1.16. The van der Waals surface area contributed by atoms with Gasteiger partial charge in [-0.1, -0.05) is 37.7 Å². The van der Waals surface area contributed by atoms with Gasteiger partial charge in [-0.05, 0) is 18.1 Å². The molecule has 1 atom stereocenters. The zero-order valence-corrected chi connectivity index (χ0v) is 11.3. The monoisotopic (exact) mass is 250 g/mol. The maximum Gasteiger partial charge on any atom is 0.161 e. The highest BCUT2D eigenvalue weighted by Gasteiger charge is 2.21. The fraction of sp³-hybridized carbons (Fsp3) is 0.462. The smallest absolute Gasteiger partial charge is 0.161 e. The minimum atomic E-state index is 0.428. The van der Waals surface area contributed by atoms with E-state index in [1.165, 1.54) is 0 Å². The number of para-hydroxylation sites is 2. The molecule has 17 heavy (non-hydrogen) atoms. The van der Waals surface area contributed by atoms with Gasteiger partial charge in [-0.25, -0.2) is 0 Å². The Labute approximate surface area is 107 Å². The highest BCUT2D eigenvalue weighted by atomic mass is 32.2.